The van der Waals surface area contributed by atoms with Crippen molar-refractivity contribution in [2.24, 2.45) is 0 Å². The van der Waals surface area contributed by atoms with Crippen LogP contribution in [0.2, 0.25) is 5.02 Å². The van der Waals surface area contributed by atoms with Crippen LogP contribution >= 0.6 is 11.6 Å². The minimum absolute atomic E-state index is 0.105. The van der Waals surface area contributed by atoms with E-state index in [1.807, 2.05) is 24.1 Å². The number of carbonyl (C=O) groups excluding carboxylic acids is 1. The van der Waals surface area contributed by atoms with Crippen molar-refractivity contribution < 1.29 is 13.9 Å². The van der Waals surface area contributed by atoms with Crippen molar-refractivity contribution in [2.45, 2.75) is 6.42 Å². The molecular weight excluding hydrogens is 331 g/mol. The van der Waals surface area contributed by atoms with Gasteiger partial charge in [-0.15, -0.1) is 0 Å². The third kappa shape index (κ3) is 6.56. The first-order valence-electron chi connectivity index (χ1n) is 7.65. The Morgan fingerprint density at radius 3 is 2.46 bits per heavy atom. The second-order valence-corrected chi connectivity index (χ2v) is 5.85. The highest BCUT2D eigenvalue weighted by molar-refractivity contribution is 6.30. The Labute approximate surface area is 146 Å². The highest BCUT2D eigenvalue weighted by Crippen LogP contribution is 2.15. The van der Waals surface area contributed by atoms with Crippen molar-refractivity contribution >= 4 is 23.2 Å². The molecule has 0 aliphatic heterocycles. The summed E-state index contributed by atoms with van der Waals surface area (Å²) in [6.45, 7) is 1.83. The van der Waals surface area contributed by atoms with Gasteiger partial charge in [0.2, 0.25) is 5.91 Å². The van der Waals surface area contributed by atoms with Gasteiger partial charge in [0.1, 0.15) is 18.2 Å². The third-order valence-electron chi connectivity index (χ3n) is 3.40. The quantitative estimate of drug-likeness (QED) is 0.787. The van der Waals surface area contributed by atoms with Gasteiger partial charge < -0.3 is 15.0 Å². The number of nitrogens with zero attached hydrogens (tertiary/aromatic N) is 1. The molecule has 2 aromatic rings. The number of anilines is 1. The topological polar surface area (TPSA) is 41.6 Å². The predicted molar refractivity (Wildman–Crippen MR) is 94.1 cm³/mol. The van der Waals surface area contributed by atoms with Crippen molar-refractivity contribution in [1.82, 2.24) is 4.90 Å². The van der Waals surface area contributed by atoms with Crippen LogP contribution in [0.15, 0.2) is 48.5 Å². The van der Waals surface area contributed by atoms with Crippen LogP contribution in [0, 0.1) is 5.82 Å². The molecule has 0 atom stereocenters. The molecule has 0 unspecified atom stereocenters. The summed E-state index contributed by atoms with van der Waals surface area (Å²) in [5.41, 5.74) is 0.593. The van der Waals surface area contributed by atoms with Crippen LogP contribution in [0.3, 0.4) is 0 Å². The largest absolute Gasteiger partial charge is 0.492 e. The van der Waals surface area contributed by atoms with Crippen molar-refractivity contribution in [3.63, 3.8) is 0 Å². The standard InChI is InChI=1S/C18H20ClFN2O2/c1-22(12-13-24-17-8-2-14(19)3-9-17)11-10-18(23)21-16-6-4-15(20)5-7-16/h2-9H,10-13H2,1H3,(H,21,23). The average molecular weight is 351 g/mol. The van der Waals surface area contributed by atoms with Gasteiger partial charge in [-0.05, 0) is 55.6 Å². The van der Waals surface area contributed by atoms with Crippen molar-refractivity contribution in [3.8, 4) is 5.75 Å². The Morgan fingerprint density at radius 2 is 1.79 bits per heavy atom. The van der Waals surface area contributed by atoms with Crippen LogP contribution in [0.25, 0.3) is 0 Å². The summed E-state index contributed by atoms with van der Waals surface area (Å²) < 4.78 is 18.4. The second-order valence-electron chi connectivity index (χ2n) is 5.41. The van der Waals surface area contributed by atoms with Gasteiger partial charge in [-0.25, -0.2) is 4.39 Å². The van der Waals surface area contributed by atoms with E-state index in [9.17, 15) is 9.18 Å². The Kier molecular flexibility index (Phi) is 7.03. The summed E-state index contributed by atoms with van der Waals surface area (Å²) in [7, 11) is 1.93. The van der Waals surface area contributed by atoms with Crippen LogP contribution in [0.4, 0.5) is 10.1 Å². The van der Waals surface area contributed by atoms with Crippen LogP contribution < -0.4 is 10.1 Å². The van der Waals surface area contributed by atoms with E-state index in [1.165, 1.54) is 24.3 Å². The Morgan fingerprint density at radius 1 is 1.12 bits per heavy atom. The van der Waals surface area contributed by atoms with Gasteiger partial charge in [-0.3, -0.25) is 4.79 Å². The minimum Gasteiger partial charge on any atom is -0.492 e. The second kappa shape index (κ2) is 9.25. The SMILES string of the molecule is CN(CCOc1ccc(Cl)cc1)CCC(=O)Nc1ccc(F)cc1. The van der Waals surface area contributed by atoms with Crippen LogP contribution in [-0.4, -0.2) is 37.6 Å². The zero-order valence-electron chi connectivity index (χ0n) is 13.5. The lowest BCUT2D eigenvalue weighted by Crippen LogP contribution is -2.28. The maximum Gasteiger partial charge on any atom is 0.225 e. The fourth-order valence-corrected chi connectivity index (χ4v) is 2.14. The molecule has 0 fully saturated rings. The highest BCUT2D eigenvalue weighted by Gasteiger charge is 2.06. The van der Waals surface area contributed by atoms with E-state index in [-0.39, 0.29) is 11.7 Å². The van der Waals surface area contributed by atoms with Crippen molar-refractivity contribution in [3.05, 3.63) is 59.4 Å². The van der Waals surface area contributed by atoms with Gasteiger partial charge in [0.05, 0.1) is 0 Å². The number of nitrogens with one attached hydrogen (secondary N) is 1. The lowest BCUT2D eigenvalue weighted by molar-refractivity contribution is -0.116. The summed E-state index contributed by atoms with van der Waals surface area (Å²) in [5.74, 6) is 0.336. The number of halogens is 2. The summed E-state index contributed by atoms with van der Waals surface area (Å²) in [6, 6.07) is 12.9. The molecule has 0 spiro atoms. The van der Waals surface area contributed by atoms with Crippen molar-refractivity contribution in [2.75, 3.05) is 32.1 Å². The Bertz CT molecular complexity index is 647. The Balaban J connectivity index is 1.63. The lowest BCUT2D eigenvalue weighted by atomic mass is 10.3. The predicted octanol–water partition coefficient (Wildman–Crippen LogP) is 3.82. The van der Waals surface area contributed by atoms with Crippen LogP contribution in [0.5, 0.6) is 5.75 Å². The molecule has 0 aliphatic rings. The molecule has 6 heteroatoms. The van der Waals surface area contributed by atoms with Gasteiger partial charge >= 0.3 is 0 Å². The van der Waals surface area contributed by atoms with E-state index >= 15 is 0 Å². The first kappa shape index (κ1) is 18.2. The summed E-state index contributed by atoms with van der Waals surface area (Å²) in [6.07, 6.45) is 0.356. The molecule has 0 aliphatic carbocycles. The van der Waals surface area contributed by atoms with Gasteiger partial charge in [-0.1, -0.05) is 11.6 Å². The maximum atomic E-state index is 12.8. The van der Waals surface area contributed by atoms with E-state index in [0.717, 1.165) is 5.75 Å². The van der Waals surface area contributed by atoms with Crippen LogP contribution in [0.1, 0.15) is 6.42 Å². The Hall–Kier alpha value is -2.11. The third-order valence-corrected chi connectivity index (χ3v) is 3.66. The molecule has 1 N–H and O–H groups in total. The first-order valence-corrected chi connectivity index (χ1v) is 8.03. The highest BCUT2D eigenvalue weighted by atomic mass is 35.5. The zero-order valence-corrected chi connectivity index (χ0v) is 14.2. The first-order chi connectivity index (χ1) is 11.5. The van der Waals surface area contributed by atoms with Crippen LogP contribution in [-0.2, 0) is 4.79 Å². The summed E-state index contributed by atoms with van der Waals surface area (Å²) >= 11 is 5.81. The summed E-state index contributed by atoms with van der Waals surface area (Å²) in [4.78, 5) is 13.9. The number of hydrogen-bond donors (Lipinski definition) is 1. The molecule has 0 saturated carbocycles. The number of rotatable bonds is 8. The number of amides is 1. The van der Waals surface area contributed by atoms with Gasteiger partial charge in [0.25, 0.3) is 0 Å². The fraction of sp³-hybridized carbons (Fsp3) is 0.278. The van der Waals surface area contributed by atoms with E-state index in [1.54, 1.807) is 12.1 Å². The number of carbonyl (C=O) groups is 1. The van der Waals surface area contributed by atoms with Crippen molar-refractivity contribution in [1.29, 1.82) is 0 Å². The van der Waals surface area contributed by atoms with Gasteiger partial charge in [-0.2, -0.15) is 0 Å². The molecule has 0 radical (unpaired) electrons. The molecule has 1 amide bonds. The molecule has 2 aromatic carbocycles. The molecule has 4 nitrogen and oxygen atoms in total. The minimum atomic E-state index is -0.326. The van der Waals surface area contributed by atoms with E-state index < -0.39 is 0 Å². The molecule has 0 heterocycles. The molecule has 2 rings (SSSR count). The average Bonchev–Trinajstić information content (AvgIpc) is 2.57. The van der Waals surface area contributed by atoms with E-state index in [4.69, 9.17) is 16.3 Å². The van der Waals surface area contributed by atoms with E-state index in [0.29, 0.717) is 36.8 Å². The number of likely N-dealkylation sites (N-methyl/N-ethyl adjacent to an activating group) is 1. The molecule has 0 bridgehead atoms. The van der Waals surface area contributed by atoms with E-state index in [2.05, 4.69) is 5.32 Å². The zero-order chi connectivity index (χ0) is 17.4. The normalized spacial score (nSPS) is 10.7. The fourth-order valence-electron chi connectivity index (χ4n) is 2.01. The molecule has 0 saturated heterocycles. The lowest BCUT2D eigenvalue weighted by Gasteiger charge is -2.16. The molecular formula is C18H20ClFN2O2. The smallest absolute Gasteiger partial charge is 0.225 e. The molecule has 24 heavy (non-hydrogen) atoms. The van der Waals surface area contributed by atoms with Gasteiger partial charge in [0, 0.05) is 30.2 Å². The summed E-state index contributed by atoms with van der Waals surface area (Å²) in [5, 5.41) is 3.41. The molecule has 128 valence electrons. The monoisotopic (exact) mass is 350 g/mol. The number of ether oxygens (including phenoxy) is 1. The number of hydrogen-bond acceptors (Lipinski definition) is 3. The van der Waals surface area contributed by atoms with Gasteiger partial charge in [0.15, 0.2) is 0 Å². The maximum absolute atomic E-state index is 12.8. The molecule has 0 aromatic heterocycles. The number of benzene rings is 2.